The summed E-state index contributed by atoms with van der Waals surface area (Å²) >= 11 is 0. The second-order valence-corrected chi connectivity index (χ2v) is 6.63. The smallest absolute Gasteiger partial charge is 0.168 e. The number of ether oxygens (including phenoxy) is 2. The number of fused-ring (bicyclic) bond motifs is 1. The highest BCUT2D eigenvalue weighted by molar-refractivity contribution is 5.82. The number of hydrogen-bond donors (Lipinski definition) is 1. The topological polar surface area (TPSA) is 65.0 Å². The Labute approximate surface area is 139 Å². The minimum atomic E-state index is 0.414. The van der Waals surface area contributed by atoms with Gasteiger partial charge in [-0.05, 0) is 37.8 Å². The monoisotopic (exact) mass is 324 g/mol. The second-order valence-electron chi connectivity index (χ2n) is 6.63. The van der Waals surface area contributed by atoms with Gasteiger partial charge in [0.05, 0.1) is 17.6 Å². The predicted molar refractivity (Wildman–Crippen MR) is 89.5 cm³/mol. The van der Waals surface area contributed by atoms with E-state index in [1.807, 2.05) is 18.3 Å². The lowest BCUT2D eigenvalue weighted by Gasteiger charge is -2.21. The molecule has 1 saturated heterocycles. The van der Waals surface area contributed by atoms with E-state index in [2.05, 4.69) is 20.8 Å². The fourth-order valence-corrected chi connectivity index (χ4v) is 3.39. The van der Waals surface area contributed by atoms with E-state index in [4.69, 9.17) is 14.6 Å². The number of hydrogen-bond acceptors (Lipinski definition) is 4. The zero-order valence-electron chi connectivity index (χ0n) is 13.4. The van der Waals surface area contributed by atoms with Gasteiger partial charge in [-0.1, -0.05) is 0 Å². The predicted octanol–water partition coefficient (Wildman–Crippen LogP) is 3.78. The van der Waals surface area contributed by atoms with Gasteiger partial charge in [-0.15, -0.1) is 0 Å². The molecule has 0 atom stereocenters. The third kappa shape index (κ3) is 2.47. The van der Waals surface area contributed by atoms with Gasteiger partial charge in [0.15, 0.2) is 5.75 Å². The molecule has 1 aliphatic carbocycles. The highest BCUT2D eigenvalue weighted by atomic mass is 16.5. The number of pyridine rings is 1. The van der Waals surface area contributed by atoms with Gasteiger partial charge in [0.25, 0.3) is 0 Å². The zero-order valence-corrected chi connectivity index (χ0v) is 13.4. The molecule has 1 N–H and O–H groups in total. The van der Waals surface area contributed by atoms with Crippen molar-refractivity contribution in [1.29, 1.82) is 0 Å². The third-order valence-corrected chi connectivity index (χ3v) is 4.89. The minimum Gasteiger partial charge on any atom is -0.453 e. The summed E-state index contributed by atoms with van der Waals surface area (Å²) in [6.45, 7) is 1.61. The molecule has 5 rings (SSSR count). The van der Waals surface area contributed by atoms with Crippen molar-refractivity contribution in [2.75, 3.05) is 13.2 Å². The van der Waals surface area contributed by atoms with Crippen LogP contribution in [0.3, 0.4) is 0 Å². The lowest BCUT2D eigenvalue weighted by atomic mass is 9.96. The van der Waals surface area contributed by atoms with Gasteiger partial charge in [-0.25, -0.2) is 4.98 Å². The summed E-state index contributed by atoms with van der Waals surface area (Å²) in [6, 6.07) is 4.46. The first-order valence-corrected chi connectivity index (χ1v) is 8.65. The molecule has 1 saturated carbocycles. The van der Waals surface area contributed by atoms with Crippen LogP contribution in [0.1, 0.15) is 43.3 Å². The van der Waals surface area contributed by atoms with Crippen LogP contribution in [-0.2, 0) is 4.74 Å². The molecule has 124 valence electrons. The van der Waals surface area contributed by atoms with Crippen molar-refractivity contribution in [3.8, 4) is 11.5 Å². The molecule has 0 aromatic carbocycles. The van der Waals surface area contributed by atoms with Crippen molar-refractivity contribution in [2.45, 2.75) is 37.6 Å². The molecular formula is C18H20N4O2. The van der Waals surface area contributed by atoms with Gasteiger partial charge >= 0.3 is 0 Å². The molecule has 2 fully saturated rings. The van der Waals surface area contributed by atoms with Crippen LogP contribution < -0.4 is 4.74 Å². The van der Waals surface area contributed by atoms with E-state index in [0.29, 0.717) is 12.0 Å². The molecule has 0 amide bonds. The molecule has 0 radical (unpaired) electrons. The van der Waals surface area contributed by atoms with Crippen LogP contribution in [0.2, 0.25) is 0 Å². The summed E-state index contributed by atoms with van der Waals surface area (Å²) in [6.07, 6.45) is 10.2. The fourth-order valence-electron chi connectivity index (χ4n) is 3.39. The van der Waals surface area contributed by atoms with E-state index in [9.17, 15) is 0 Å². The molecule has 0 bridgehead atoms. The maximum atomic E-state index is 6.31. The van der Waals surface area contributed by atoms with Gasteiger partial charge in [0, 0.05) is 31.5 Å². The van der Waals surface area contributed by atoms with Crippen molar-refractivity contribution in [2.24, 2.45) is 0 Å². The first-order valence-electron chi connectivity index (χ1n) is 8.65. The minimum absolute atomic E-state index is 0.414. The van der Waals surface area contributed by atoms with Crippen LogP contribution in [0.15, 0.2) is 30.7 Å². The Bertz CT molecular complexity index is 859. The Kier molecular flexibility index (Phi) is 3.29. The fraction of sp³-hybridized carbons (Fsp3) is 0.444. The number of aromatic nitrogens is 4. The number of rotatable bonds is 4. The van der Waals surface area contributed by atoms with Crippen molar-refractivity contribution in [3.05, 3.63) is 36.4 Å². The number of nitrogens with one attached hydrogen (secondary N) is 1. The van der Waals surface area contributed by atoms with Crippen LogP contribution in [0, 0.1) is 0 Å². The summed E-state index contributed by atoms with van der Waals surface area (Å²) in [7, 11) is 0. The Morgan fingerprint density at radius 2 is 2.00 bits per heavy atom. The van der Waals surface area contributed by atoms with E-state index in [1.54, 1.807) is 6.20 Å². The van der Waals surface area contributed by atoms with E-state index >= 15 is 0 Å². The molecule has 3 aromatic rings. The average molecular weight is 324 g/mol. The molecule has 0 spiro atoms. The maximum Gasteiger partial charge on any atom is 0.168 e. The zero-order chi connectivity index (χ0) is 15.9. The molecule has 1 aliphatic heterocycles. The standard InChI is InChI=1S/C18H20N4O2/c1-2-13(1)22-11-16(17(21-22)12-5-9-23-10-6-12)24-15-4-8-20-18-14(15)3-7-19-18/h3-4,7-8,11-13H,1-2,5-6,9-10H2,(H,19,20). The van der Waals surface area contributed by atoms with E-state index in [-0.39, 0.29) is 0 Å². The highest BCUT2D eigenvalue weighted by Gasteiger charge is 2.29. The molecule has 3 aromatic heterocycles. The third-order valence-electron chi connectivity index (χ3n) is 4.89. The van der Waals surface area contributed by atoms with Crippen molar-refractivity contribution in [3.63, 3.8) is 0 Å². The number of nitrogens with zero attached hydrogens (tertiary/aromatic N) is 3. The van der Waals surface area contributed by atoms with E-state index in [1.165, 1.54) is 12.8 Å². The Balaban J connectivity index is 1.52. The lowest BCUT2D eigenvalue weighted by molar-refractivity contribution is 0.0839. The average Bonchev–Trinajstić information content (AvgIpc) is 3.20. The van der Waals surface area contributed by atoms with Crippen LogP contribution in [0.5, 0.6) is 11.5 Å². The molecule has 6 heteroatoms. The van der Waals surface area contributed by atoms with E-state index in [0.717, 1.165) is 54.3 Å². The van der Waals surface area contributed by atoms with Crippen LogP contribution in [-0.4, -0.2) is 33.0 Å². The van der Waals surface area contributed by atoms with Gasteiger partial charge in [-0.3, -0.25) is 4.68 Å². The first kappa shape index (κ1) is 14.0. The molecule has 0 unspecified atom stereocenters. The van der Waals surface area contributed by atoms with Crippen LogP contribution in [0.4, 0.5) is 0 Å². The van der Waals surface area contributed by atoms with Gasteiger partial charge in [0.2, 0.25) is 0 Å². The van der Waals surface area contributed by atoms with Gasteiger partial charge in [0.1, 0.15) is 17.1 Å². The molecule has 6 nitrogen and oxygen atoms in total. The number of H-pyrrole nitrogens is 1. The highest BCUT2D eigenvalue weighted by Crippen LogP contribution is 2.41. The Morgan fingerprint density at radius 3 is 2.83 bits per heavy atom. The summed E-state index contributed by atoms with van der Waals surface area (Å²) in [5.74, 6) is 2.12. The Hall–Kier alpha value is -2.34. The quantitative estimate of drug-likeness (QED) is 0.793. The van der Waals surface area contributed by atoms with Crippen molar-refractivity contribution < 1.29 is 9.47 Å². The van der Waals surface area contributed by atoms with E-state index < -0.39 is 0 Å². The van der Waals surface area contributed by atoms with Crippen LogP contribution in [0.25, 0.3) is 11.0 Å². The maximum absolute atomic E-state index is 6.31. The summed E-state index contributed by atoms with van der Waals surface area (Å²) in [5, 5.41) is 5.87. The van der Waals surface area contributed by atoms with Crippen molar-refractivity contribution >= 4 is 11.0 Å². The molecular weight excluding hydrogens is 304 g/mol. The normalized spacial score (nSPS) is 19.0. The second kappa shape index (κ2) is 5.63. The summed E-state index contributed by atoms with van der Waals surface area (Å²) < 4.78 is 13.9. The van der Waals surface area contributed by atoms with Gasteiger partial charge < -0.3 is 14.5 Å². The summed E-state index contributed by atoms with van der Waals surface area (Å²) in [4.78, 5) is 7.45. The molecule has 24 heavy (non-hydrogen) atoms. The van der Waals surface area contributed by atoms with Crippen molar-refractivity contribution in [1.82, 2.24) is 19.7 Å². The molecule has 2 aliphatic rings. The van der Waals surface area contributed by atoms with Gasteiger partial charge in [-0.2, -0.15) is 5.10 Å². The lowest BCUT2D eigenvalue weighted by Crippen LogP contribution is -2.15. The SMILES string of the molecule is c1cc(Oc2cn(C3CC3)nc2C2CCOCC2)c2cc[nH]c2n1. The summed E-state index contributed by atoms with van der Waals surface area (Å²) in [5.41, 5.74) is 1.92. The number of aromatic amines is 1. The molecule has 4 heterocycles. The largest absolute Gasteiger partial charge is 0.453 e. The first-order chi connectivity index (χ1) is 11.9. The Morgan fingerprint density at radius 1 is 1.12 bits per heavy atom. The van der Waals surface area contributed by atoms with Crippen LogP contribution >= 0.6 is 0 Å².